The summed E-state index contributed by atoms with van der Waals surface area (Å²) in [4.78, 5) is 13.3. The summed E-state index contributed by atoms with van der Waals surface area (Å²) in [5, 5.41) is 0.902. The maximum Gasteiger partial charge on any atom is 0.253 e. The normalized spacial score (nSPS) is 10.6. The van der Waals surface area contributed by atoms with Crippen molar-refractivity contribution in [2.75, 3.05) is 18.9 Å². The van der Waals surface area contributed by atoms with Crippen LogP contribution in [0.2, 0.25) is 0 Å². The van der Waals surface area contributed by atoms with E-state index < -0.39 is 23.4 Å². The Morgan fingerprint density at radius 3 is 2.26 bits per heavy atom. The van der Waals surface area contributed by atoms with E-state index in [-0.39, 0.29) is 5.56 Å². The van der Waals surface area contributed by atoms with Gasteiger partial charge in [0, 0.05) is 24.5 Å². The fourth-order valence-electron chi connectivity index (χ4n) is 1.62. The number of hydrogen-bond donors (Lipinski definition) is 0. The van der Waals surface area contributed by atoms with E-state index in [4.69, 9.17) is 0 Å². The summed E-state index contributed by atoms with van der Waals surface area (Å²) in [6.45, 7) is 0.493. The summed E-state index contributed by atoms with van der Waals surface area (Å²) in [5.41, 5.74) is -0.181. The topological polar surface area (TPSA) is 20.3 Å². The number of unbranched alkanes of at least 4 members (excludes halogenated alkanes) is 2. The van der Waals surface area contributed by atoms with Crippen molar-refractivity contribution >= 4 is 21.8 Å². The predicted molar refractivity (Wildman–Crippen MR) is 70.9 cm³/mol. The molecule has 0 unspecified atom stereocenters. The Balaban J connectivity index is 2.66. The van der Waals surface area contributed by atoms with Crippen LogP contribution < -0.4 is 0 Å². The second-order valence-corrected chi connectivity index (χ2v) is 5.02. The molecule has 106 valence electrons. The Kier molecular flexibility index (Phi) is 6.34. The molecule has 1 aromatic carbocycles. The van der Waals surface area contributed by atoms with Crippen LogP contribution in [-0.4, -0.2) is 29.7 Å². The zero-order valence-electron chi connectivity index (χ0n) is 10.6. The molecule has 2 nitrogen and oxygen atoms in total. The lowest BCUT2D eigenvalue weighted by Crippen LogP contribution is -2.28. The molecule has 1 rings (SSSR count). The van der Waals surface area contributed by atoms with Gasteiger partial charge in [0.05, 0.1) is 0 Å². The van der Waals surface area contributed by atoms with Crippen molar-refractivity contribution in [3.63, 3.8) is 0 Å². The first kappa shape index (κ1) is 16.0. The third-order valence-corrected chi connectivity index (χ3v) is 3.27. The van der Waals surface area contributed by atoms with Crippen molar-refractivity contribution in [2.45, 2.75) is 19.3 Å². The number of nitrogens with zero attached hydrogens (tertiary/aromatic N) is 1. The highest BCUT2D eigenvalue weighted by atomic mass is 79.9. The third kappa shape index (κ3) is 4.53. The van der Waals surface area contributed by atoms with Crippen molar-refractivity contribution < 1.29 is 18.0 Å². The summed E-state index contributed by atoms with van der Waals surface area (Å²) in [6, 6.07) is 1.44. The van der Waals surface area contributed by atoms with Crippen molar-refractivity contribution in [1.29, 1.82) is 0 Å². The van der Waals surface area contributed by atoms with Crippen molar-refractivity contribution in [1.82, 2.24) is 4.90 Å². The molecular weight excluding hydrogens is 323 g/mol. The van der Waals surface area contributed by atoms with E-state index in [9.17, 15) is 18.0 Å². The lowest BCUT2D eigenvalue weighted by molar-refractivity contribution is 0.0791. The van der Waals surface area contributed by atoms with Gasteiger partial charge in [0.15, 0.2) is 17.5 Å². The van der Waals surface area contributed by atoms with Gasteiger partial charge in [0.1, 0.15) is 0 Å². The minimum absolute atomic E-state index is 0.181. The number of hydrogen-bond acceptors (Lipinski definition) is 1. The quantitative estimate of drug-likeness (QED) is 0.440. The molecule has 1 amide bonds. The Labute approximate surface area is 118 Å². The molecule has 0 spiro atoms. The van der Waals surface area contributed by atoms with Gasteiger partial charge in [-0.2, -0.15) is 0 Å². The molecule has 1 aromatic rings. The van der Waals surface area contributed by atoms with Crippen LogP contribution in [0.5, 0.6) is 0 Å². The highest BCUT2D eigenvalue weighted by Gasteiger charge is 2.17. The zero-order chi connectivity index (χ0) is 14.4. The van der Waals surface area contributed by atoms with Gasteiger partial charge < -0.3 is 4.90 Å². The molecule has 0 aliphatic rings. The lowest BCUT2D eigenvalue weighted by Gasteiger charge is -2.17. The van der Waals surface area contributed by atoms with Crippen LogP contribution in [0.15, 0.2) is 12.1 Å². The lowest BCUT2D eigenvalue weighted by atomic mass is 10.1. The van der Waals surface area contributed by atoms with E-state index in [0.717, 1.165) is 36.7 Å². The van der Waals surface area contributed by atoms with Crippen LogP contribution >= 0.6 is 15.9 Å². The second kappa shape index (κ2) is 7.53. The average molecular weight is 338 g/mol. The Bertz CT molecular complexity index is 431. The smallest absolute Gasteiger partial charge is 0.253 e. The van der Waals surface area contributed by atoms with E-state index in [1.165, 1.54) is 4.90 Å². The minimum Gasteiger partial charge on any atom is -0.342 e. The molecule has 0 N–H and O–H groups in total. The van der Waals surface area contributed by atoms with Gasteiger partial charge in [-0.15, -0.1) is 0 Å². The summed E-state index contributed by atoms with van der Waals surface area (Å²) in [6.07, 6.45) is 2.76. The van der Waals surface area contributed by atoms with Crippen LogP contribution in [-0.2, 0) is 0 Å². The van der Waals surface area contributed by atoms with Crippen molar-refractivity contribution in [3.8, 4) is 0 Å². The van der Waals surface area contributed by atoms with Crippen molar-refractivity contribution in [3.05, 3.63) is 35.1 Å². The summed E-state index contributed by atoms with van der Waals surface area (Å²) in [7, 11) is 1.55. The highest BCUT2D eigenvalue weighted by molar-refractivity contribution is 9.09. The molecule has 0 aromatic heterocycles. The zero-order valence-corrected chi connectivity index (χ0v) is 12.1. The fraction of sp³-hybridized carbons (Fsp3) is 0.462. The molecule has 0 aliphatic carbocycles. The van der Waals surface area contributed by atoms with E-state index in [2.05, 4.69) is 15.9 Å². The first-order chi connectivity index (χ1) is 8.97. The van der Waals surface area contributed by atoms with Gasteiger partial charge in [0.25, 0.3) is 5.91 Å². The van der Waals surface area contributed by atoms with Gasteiger partial charge >= 0.3 is 0 Å². The van der Waals surface area contributed by atoms with Crippen LogP contribution in [0.3, 0.4) is 0 Å². The highest BCUT2D eigenvalue weighted by Crippen LogP contribution is 2.15. The van der Waals surface area contributed by atoms with E-state index in [1.54, 1.807) is 7.05 Å². The largest absolute Gasteiger partial charge is 0.342 e. The number of carbonyl (C=O) groups excluding carboxylic acids is 1. The van der Waals surface area contributed by atoms with Crippen LogP contribution in [0.25, 0.3) is 0 Å². The fourth-order valence-corrected chi connectivity index (χ4v) is 2.02. The van der Waals surface area contributed by atoms with Gasteiger partial charge in [0.2, 0.25) is 0 Å². The van der Waals surface area contributed by atoms with Crippen LogP contribution in [0.4, 0.5) is 13.2 Å². The first-order valence-electron chi connectivity index (χ1n) is 5.93. The number of carbonyl (C=O) groups is 1. The van der Waals surface area contributed by atoms with E-state index in [1.807, 2.05) is 0 Å². The maximum atomic E-state index is 13.0. The summed E-state index contributed by atoms with van der Waals surface area (Å²) >= 11 is 3.31. The molecule has 0 aliphatic heterocycles. The molecule has 0 bridgehead atoms. The molecule has 6 heteroatoms. The van der Waals surface area contributed by atoms with Crippen molar-refractivity contribution in [2.24, 2.45) is 0 Å². The van der Waals surface area contributed by atoms with Gasteiger partial charge in [-0.05, 0) is 25.0 Å². The van der Waals surface area contributed by atoms with Gasteiger partial charge in [-0.1, -0.05) is 22.4 Å². The number of alkyl halides is 1. The molecule has 0 saturated carbocycles. The minimum atomic E-state index is -1.56. The van der Waals surface area contributed by atoms with Crippen LogP contribution in [0.1, 0.15) is 29.6 Å². The Hall–Kier alpha value is -1.04. The van der Waals surface area contributed by atoms with Gasteiger partial charge in [-0.3, -0.25) is 4.79 Å². The first-order valence-corrected chi connectivity index (χ1v) is 7.05. The SMILES string of the molecule is CN(CCCCCBr)C(=O)c1cc(F)c(F)c(F)c1. The van der Waals surface area contributed by atoms with Gasteiger partial charge in [-0.25, -0.2) is 13.2 Å². The maximum absolute atomic E-state index is 13.0. The number of benzene rings is 1. The molecule has 0 atom stereocenters. The van der Waals surface area contributed by atoms with E-state index >= 15 is 0 Å². The number of halogens is 4. The molecule has 19 heavy (non-hydrogen) atoms. The van der Waals surface area contributed by atoms with Crippen LogP contribution in [0, 0.1) is 17.5 Å². The molecule has 0 heterocycles. The molecule has 0 fully saturated rings. The Morgan fingerprint density at radius 1 is 1.16 bits per heavy atom. The number of amides is 1. The second-order valence-electron chi connectivity index (χ2n) is 4.23. The predicted octanol–water partition coefficient (Wildman–Crippen LogP) is 3.74. The summed E-state index contributed by atoms with van der Waals surface area (Å²) in [5.74, 6) is -4.78. The molecule has 0 radical (unpaired) electrons. The Morgan fingerprint density at radius 2 is 1.74 bits per heavy atom. The number of rotatable bonds is 6. The monoisotopic (exact) mass is 337 g/mol. The molecule has 0 saturated heterocycles. The third-order valence-electron chi connectivity index (χ3n) is 2.70. The van der Waals surface area contributed by atoms with E-state index in [0.29, 0.717) is 6.54 Å². The standard InChI is InChI=1S/C13H15BrF3NO/c1-18(6-4-2-3-5-14)13(19)9-7-10(15)12(17)11(16)8-9/h7-8H,2-6H2,1H3. The summed E-state index contributed by atoms with van der Waals surface area (Å²) < 4.78 is 38.8. The molecular formula is C13H15BrF3NO. The average Bonchev–Trinajstić information content (AvgIpc) is 2.39.